The van der Waals surface area contributed by atoms with E-state index in [0.29, 0.717) is 30.9 Å². The number of carbonyl (C=O) groups excluding carboxylic acids is 2. The fourth-order valence-electron chi connectivity index (χ4n) is 6.54. The number of rotatable bonds is 7. The molecule has 1 N–H and O–H groups in total. The van der Waals surface area contributed by atoms with Crippen LogP contribution in [0.3, 0.4) is 0 Å². The maximum Gasteiger partial charge on any atom is 0.416 e. The van der Waals surface area contributed by atoms with Crippen LogP contribution >= 0.6 is 0 Å². The van der Waals surface area contributed by atoms with Crippen molar-refractivity contribution in [2.24, 2.45) is 22.2 Å². The van der Waals surface area contributed by atoms with Gasteiger partial charge in [0.2, 0.25) is 0 Å². The van der Waals surface area contributed by atoms with E-state index in [4.69, 9.17) is 4.99 Å². The molecule has 0 aromatic heterocycles. The van der Waals surface area contributed by atoms with Crippen LogP contribution in [0.4, 0.5) is 13.2 Å². The highest BCUT2D eigenvalue weighted by atomic mass is 19.4. The summed E-state index contributed by atoms with van der Waals surface area (Å²) in [7, 11) is 0. The number of benzene rings is 2. The number of hydrogen-bond acceptors (Lipinski definition) is 3. The molecule has 1 aliphatic heterocycles. The molecule has 220 valence electrons. The first-order chi connectivity index (χ1) is 19.3. The summed E-state index contributed by atoms with van der Waals surface area (Å²) >= 11 is 0. The molecular weight excluding hydrogens is 527 g/mol. The topological polar surface area (TPSA) is 61.8 Å². The Bertz CT molecular complexity index is 1310. The fraction of sp³-hybridized carbons (Fsp3) is 0.545. The van der Waals surface area contributed by atoms with Crippen LogP contribution < -0.4 is 5.32 Å². The lowest BCUT2D eigenvalue weighted by Crippen LogP contribution is -2.52. The van der Waals surface area contributed by atoms with E-state index in [2.05, 4.69) is 26.1 Å². The molecule has 1 unspecified atom stereocenters. The number of nitrogens with zero attached hydrogens (tertiary/aromatic N) is 2. The summed E-state index contributed by atoms with van der Waals surface area (Å²) in [6.07, 6.45) is 1.38. The maximum absolute atomic E-state index is 14.3. The van der Waals surface area contributed by atoms with Crippen LogP contribution in [0, 0.1) is 17.3 Å². The minimum Gasteiger partial charge on any atom is -0.352 e. The molecule has 1 atom stereocenters. The van der Waals surface area contributed by atoms with Gasteiger partial charge in [-0.05, 0) is 92.0 Å². The number of alkyl halides is 3. The van der Waals surface area contributed by atoms with E-state index in [1.165, 1.54) is 6.07 Å². The second-order valence-corrected chi connectivity index (χ2v) is 13.0. The summed E-state index contributed by atoms with van der Waals surface area (Å²) in [5.41, 5.74) is 0.356. The van der Waals surface area contributed by atoms with Gasteiger partial charge in [-0.3, -0.25) is 14.6 Å². The maximum atomic E-state index is 14.3. The summed E-state index contributed by atoms with van der Waals surface area (Å²) < 4.78 is 40.8. The first-order valence-electron chi connectivity index (χ1n) is 14.8. The van der Waals surface area contributed by atoms with Crippen molar-refractivity contribution in [2.75, 3.05) is 6.54 Å². The molecule has 2 saturated carbocycles. The Hall–Kier alpha value is -3.16. The molecule has 2 aromatic rings. The van der Waals surface area contributed by atoms with E-state index in [9.17, 15) is 22.8 Å². The Morgan fingerprint density at radius 1 is 1.05 bits per heavy atom. The van der Waals surface area contributed by atoms with Gasteiger partial charge in [-0.15, -0.1) is 0 Å². The number of hydrogen-bond donors (Lipinski definition) is 1. The summed E-state index contributed by atoms with van der Waals surface area (Å²) in [5, 5.41) is 2.89. The summed E-state index contributed by atoms with van der Waals surface area (Å²) in [5.74, 6) is 0.274. The zero-order chi connectivity index (χ0) is 29.6. The van der Waals surface area contributed by atoms with Gasteiger partial charge in [0.1, 0.15) is 11.4 Å². The van der Waals surface area contributed by atoms with Crippen molar-refractivity contribution in [2.45, 2.75) is 90.5 Å². The highest BCUT2D eigenvalue weighted by Crippen LogP contribution is 2.54. The van der Waals surface area contributed by atoms with Gasteiger partial charge < -0.3 is 10.2 Å². The number of aliphatic imine (C=N–C) groups is 1. The molecule has 0 bridgehead atoms. The molecule has 5 nitrogen and oxygen atoms in total. The van der Waals surface area contributed by atoms with E-state index in [1.807, 2.05) is 24.0 Å². The van der Waals surface area contributed by atoms with Crippen LogP contribution in [0.25, 0.3) is 0 Å². The van der Waals surface area contributed by atoms with Gasteiger partial charge in [0.25, 0.3) is 11.8 Å². The van der Waals surface area contributed by atoms with Gasteiger partial charge in [-0.2, -0.15) is 13.2 Å². The lowest BCUT2D eigenvalue weighted by atomic mass is 9.69. The molecule has 1 heterocycles. The molecular formula is C33H40F3N3O2. The third-order valence-corrected chi connectivity index (χ3v) is 9.06. The molecule has 2 aliphatic carbocycles. The van der Waals surface area contributed by atoms with E-state index in [0.717, 1.165) is 49.8 Å². The average Bonchev–Trinajstić information content (AvgIpc) is 3.73. The Labute approximate surface area is 240 Å². The Balaban J connectivity index is 1.53. The van der Waals surface area contributed by atoms with E-state index >= 15 is 0 Å². The third-order valence-electron chi connectivity index (χ3n) is 9.06. The van der Waals surface area contributed by atoms with E-state index in [-0.39, 0.29) is 40.5 Å². The van der Waals surface area contributed by atoms with Crippen LogP contribution in [0.2, 0.25) is 0 Å². The quantitative estimate of drug-likeness (QED) is 0.375. The average molecular weight is 568 g/mol. The van der Waals surface area contributed by atoms with Crippen molar-refractivity contribution in [1.29, 1.82) is 0 Å². The molecule has 0 saturated heterocycles. The number of halogens is 3. The second kappa shape index (κ2) is 10.9. The molecule has 2 amide bonds. The standard InChI is InChI=1S/C33H40F3N3O2/c1-5-19-37-29(40)23-13-11-22(12-14-23)28(21-9-10-21)39-30(41)27(24-7-6-8-26(20-24)33(34,35)36)38-32(39)17-15-25(16-18-32)31(2,3)4/h6-8,11-14,20-21,25,28H,5,9-10,15-19H2,1-4H3,(H,37,40). The first kappa shape index (κ1) is 29.3. The van der Waals surface area contributed by atoms with Crippen LogP contribution in [0.1, 0.15) is 106 Å². The van der Waals surface area contributed by atoms with Crippen LogP contribution in [0.15, 0.2) is 53.5 Å². The van der Waals surface area contributed by atoms with Crippen molar-refractivity contribution >= 4 is 17.5 Å². The van der Waals surface area contributed by atoms with Gasteiger partial charge in [0, 0.05) is 17.7 Å². The Morgan fingerprint density at radius 2 is 1.71 bits per heavy atom. The SMILES string of the molecule is CCCNC(=O)c1ccc(C(C2CC2)N2C(=O)C(c3cccc(C(F)(F)F)c3)=NC23CCC(C(C)(C)C)CC3)cc1. The number of nitrogens with one attached hydrogen (secondary N) is 1. The van der Waals surface area contributed by atoms with Crippen molar-refractivity contribution in [3.05, 3.63) is 70.8 Å². The van der Waals surface area contributed by atoms with Gasteiger partial charge in [0.05, 0.1) is 11.6 Å². The molecule has 0 radical (unpaired) electrons. The van der Waals surface area contributed by atoms with Gasteiger partial charge in [-0.25, -0.2) is 0 Å². The van der Waals surface area contributed by atoms with E-state index in [1.54, 1.807) is 18.2 Å². The Kier molecular flexibility index (Phi) is 7.81. The third kappa shape index (κ3) is 5.93. The molecule has 41 heavy (non-hydrogen) atoms. The van der Waals surface area contributed by atoms with Crippen molar-refractivity contribution in [1.82, 2.24) is 10.2 Å². The molecule has 5 rings (SSSR count). The monoisotopic (exact) mass is 567 g/mol. The molecule has 8 heteroatoms. The summed E-state index contributed by atoms with van der Waals surface area (Å²) in [6, 6.07) is 12.2. The minimum atomic E-state index is -4.51. The van der Waals surface area contributed by atoms with Crippen molar-refractivity contribution in [3.8, 4) is 0 Å². The number of carbonyl (C=O) groups is 2. The normalized spacial score (nSPS) is 24.0. The highest BCUT2D eigenvalue weighted by Gasteiger charge is 2.55. The van der Waals surface area contributed by atoms with Gasteiger partial charge >= 0.3 is 6.18 Å². The zero-order valence-electron chi connectivity index (χ0n) is 24.4. The molecule has 2 fully saturated rings. The van der Waals surface area contributed by atoms with Crippen molar-refractivity contribution < 1.29 is 22.8 Å². The molecule has 1 spiro atoms. The van der Waals surface area contributed by atoms with Crippen molar-refractivity contribution in [3.63, 3.8) is 0 Å². The van der Waals surface area contributed by atoms with Crippen LogP contribution in [-0.2, 0) is 11.0 Å². The zero-order valence-corrected chi connectivity index (χ0v) is 24.4. The van der Waals surface area contributed by atoms with Gasteiger partial charge in [0.15, 0.2) is 0 Å². The largest absolute Gasteiger partial charge is 0.416 e. The highest BCUT2D eigenvalue weighted by molar-refractivity contribution is 6.46. The Morgan fingerprint density at radius 3 is 2.27 bits per heavy atom. The lowest BCUT2D eigenvalue weighted by Gasteiger charge is -2.47. The predicted molar refractivity (Wildman–Crippen MR) is 154 cm³/mol. The van der Waals surface area contributed by atoms with Gasteiger partial charge in [-0.1, -0.05) is 52.0 Å². The number of amides is 2. The minimum absolute atomic E-state index is 0.117. The smallest absolute Gasteiger partial charge is 0.352 e. The molecule has 3 aliphatic rings. The molecule has 2 aromatic carbocycles. The van der Waals surface area contributed by atoms with Crippen LogP contribution in [-0.4, -0.2) is 34.6 Å². The van der Waals surface area contributed by atoms with Crippen LogP contribution in [0.5, 0.6) is 0 Å². The van der Waals surface area contributed by atoms with E-state index < -0.39 is 17.4 Å². The fourth-order valence-corrected chi connectivity index (χ4v) is 6.54. The summed E-state index contributed by atoms with van der Waals surface area (Å²) in [4.78, 5) is 33.8. The first-order valence-corrected chi connectivity index (χ1v) is 14.8. The summed E-state index contributed by atoms with van der Waals surface area (Å²) in [6.45, 7) is 9.29. The lowest BCUT2D eigenvalue weighted by molar-refractivity contribution is -0.138. The second-order valence-electron chi connectivity index (χ2n) is 13.0. The predicted octanol–water partition coefficient (Wildman–Crippen LogP) is 7.56.